The van der Waals surface area contributed by atoms with Crippen LogP contribution >= 0.6 is 12.4 Å². The molecule has 0 aromatic heterocycles. The second-order valence-corrected chi connectivity index (χ2v) is 1.58. The van der Waals surface area contributed by atoms with Crippen molar-refractivity contribution in [2.75, 3.05) is 13.2 Å². The van der Waals surface area contributed by atoms with E-state index in [0.29, 0.717) is 0 Å². The number of hydrogen-bond donors (Lipinski definition) is 1. The van der Waals surface area contributed by atoms with Crippen molar-refractivity contribution in [1.82, 2.24) is 10.2 Å². The molecule has 0 saturated heterocycles. The molecule has 0 amide bonds. The van der Waals surface area contributed by atoms with Crippen molar-refractivity contribution in [3.8, 4) is 0 Å². The summed E-state index contributed by atoms with van der Waals surface area (Å²) in [4.78, 5) is 2.19. The average Bonchev–Trinajstić information content (AvgIpc) is 2.14. The molecule has 0 fully saturated rings. The molecular weight excluding hydrogens is 124 g/mol. The van der Waals surface area contributed by atoms with E-state index in [0.717, 1.165) is 13.2 Å². The lowest BCUT2D eigenvalue weighted by atomic mass is 10.6. The predicted octanol–water partition coefficient (Wildman–Crippen LogP) is 0.762. The van der Waals surface area contributed by atoms with Gasteiger partial charge in [-0.2, -0.15) is 0 Å². The van der Waals surface area contributed by atoms with Gasteiger partial charge in [0.2, 0.25) is 0 Å². The van der Waals surface area contributed by atoms with E-state index in [9.17, 15) is 0 Å². The normalized spacial score (nSPS) is 15.4. The third kappa shape index (κ3) is 1.62. The highest BCUT2D eigenvalue weighted by Crippen LogP contribution is 1.90. The highest BCUT2D eigenvalue weighted by Gasteiger charge is 1.95. The van der Waals surface area contributed by atoms with Crippen LogP contribution in [0.1, 0.15) is 6.92 Å². The van der Waals surface area contributed by atoms with E-state index in [-0.39, 0.29) is 12.4 Å². The smallest absolute Gasteiger partial charge is 0.0867 e. The van der Waals surface area contributed by atoms with Crippen LogP contribution < -0.4 is 5.32 Å². The predicted molar refractivity (Wildman–Crippen MR) is 36.8 cm³/mol. The van der Waals surface area contributed by atoms with Gasteiger partial charge in [-0.15, -0.1) is 12.4 Å². The molecule has 1 N–H and O–H groups in total. The van der Waals surface area contributed by atoms with E-state index in [1.807, 2.05) is 6.20 Å². The molecule has 2 nitrogen and oxygen atoms in total. The Morgan fingerprint density at radius 1 is 1.75 bits per heavy atom. The van der Waals surface area contributed by atoms with Gasteiger partial charge in [0.15, 0.2) is 0 Å². The van der Waals surface area contributed by atoms with Gasteiger partial charge in [0.05, 0.1) is 6.67 Å². The zero-order chi connectivity index (χ0) is 5.11. The molecule has 3 heteroatoms. The number of hydrogen-bond acceptors (Lipinski definition) is 2. The van der Waals surface area contributed by atoms with Crippen molar-refractivity contribution in [2.24, 2.45) is 0 Å². The molecule has 1 heterocycles. The van der Waals surface area contributed by atoms with Crippen LogP contribution in [0.3, 0.4) is 0 Å². The van der Waals surface area contributed by atoms with Crippen molar-refractivity contribution in [3.05, 3.63) is 12.4 Å². The van der Waals surface area contributed by atoms with Crippen molar-refractivity contribution in [3.63, 3.8) is 0 Å². The zero-order valence-corrected chi connectivity index (χ0v) is 5.74. The lowest BCUT2D eigenvalue weighted by Crippen LogP contribution is -2.19. The van der Waals surface area contributed by atoms with Crippen LogP contribution in [0, 0.1) is 0 Å². The highest BCUT2D eigenvalue weighted by molar-refractivity contribution is 5.85. The maximum absolute atomic E-state index is 3.07. The van der Waals surface area contributed by atoms with Gasteiger partial charge in [0.25, 0.3) is 0 Å². The van der Waals surface area contributed by atoms with Crippen LogP contribution in [-0.2, 0) is 0 Å². The number of nitrogens with one attached hydrogen (secondary N) is 1. The summed E-state index contributed by atoms with van der Waals surface area (Å²) < 4.78 is 0. The summed E-state index contributed by atoms with van der Waals surface area (Å²) in [5.74, 6) is 0. The first-order chi connectivity index (χ1) is 3.43. The number of rotatable bonds is 1. The fourth-order valence-corrected chi connectivity index (χ4v) is 0.598. The molecule has 0 saturated carbocycles. The lowest BCUT2D eigenvalue weighted by Gasteiger charge is -2.08. The Balaban J connectivity index is 0.000000490. The summed E-state index contributed by atoms with van der Waals surface area (Å²) in [5, 5.41) is 3.07. The Morgan fingerprint density at radius 2 is 2.50 bits per heavy atom. The fraction of sp³-hybridized carbons (Fsp3) is 0.600. The summed E-state index contributed by atoms with van der Waals surface area (Å²) in [6.07, 6.45) is 4.02. The molecule has 1 aliphatic rings. The number of nitrogens with zero attached hydrogens (tertiary/aromatic N) is 1. The monoisotopic (exact) mass is 134 g/mol. The number of halogens is 1. The maximum atomic E-state index is 3.07. The molecule has 0 radical (unpaired) electrons. The molecule has 1 aliphatic heterocycles. The van der Waals surface area contributed by atoms with Gasteiger partial charge in [-0.3, -0.25) is 0 Å². The minimum atomic E-state index is 0. The Hall–Kier alpha value is -0.370. The molecule has 0 aromatic carbocycles. The van der Waals surface area contributed by atoms with Gasteiger partial charge in [0, 0.05) is 18.9 Å². The quantitative estimate of drug-likeness (QED) is 0.570. The molecule has 8 heavy (non-hydrogen) atoms. The van der Waals surface area contributed by atoms with Crippen LogP contribution in [0.4, 0.5) is 0 Å². The highest BCUT2D eigenvalue weighted by atomic mass is 35.5. The van der Waals surface area contributed by atoms with Crippen molar-refractivity contribution >= 4 is 12.4 Å². The van der Waals surface area contributed by atoms with Gasteiger partial charge in [-0.25, -0.2) is 0 Å². The second-order valence-electron chi connectivity index (χ2n) is 1.58. The van der Waals surface area contributed by atoms with E-state index in [1.165, 1.54) is 0 Å². The molecule has 0 bridgehead atoms. The maximum Gasteiger partial charge on any atom is 0.0867 e. The summed E-state index contributed by atoms with van der Waals surface area (Å²) >= 11 is 0. The van der Waals surface area contributed by atoms with Crippen molar-refractivity contribution in [1.29, 1.82) is 0 Å². The Labute approximate surface area is 56.0 Å². The van der Waals surface area contributed by atoms with Crippen LogP contribution in [0.2, 0.25) is 0 Å². The second kappa shape index (κ2) is 3.61. The zero-order valence-electron chi connectivity index (χ0n) is 4.92. The largest absolute Gasteiger partial charge is 0.373 e. The fourth-order valence-electron chi connectivity index (χ4n) is 0.598. The first kappa shape index (κ1) is 7.63. The average molecular weight is 135 g/mol. The van der Waals surface area contributed by atoms with Gasteiger partial charge < -0.3 is 10.2 Å². The lowest BCUT2D eigenvalue weighted by molar-refractivity contribution is 0.413. The van der Waals surface area contributed by atoms with Crippen molar-refractivity contribution < 1.29 is 0 Å². The summed E-state index contributed by atoms with van der Waals surface area (Å²) in [6, 6.07) is 0. The molecule has 0 atom stereocenters. The summed E-state index contributed by atoms with van der Waals surface area (Å²) in [7, 11) is 0. The van der Waals surface area contributed by atoms with E-state index < -0.39 is 0 Å². The molecule has 0 aliphatic carbocycles. The van der Waals surface area contributed by atoms with E-state index in [1.54, 1.807) is 0 Å². The molecule has 0 spiro atoms. The summed E-state index contributed by atoms with van der Waals surface area (Å²) in [5.41, 5.74) is 0. The summed E-state index contributed by atoms with van der Waals surface area (Å²) in [6.45, 7) is 4.22. The van der Waals surface area contributed by atoms with Crippen LogP contribution in [0.15, 0.2) is 12.4 Å². The van der Waals surface area contributed by atoms with E-state index in [4.69, 9.17) is 0 Å². The van der Waals surface area contributed by atoms with Crippen LogP contribution in [-0.4, -0.2) is 18.1 Å². The minimum absolute atomic E-state index is 0. The SMILES string of the molecule is CCN1C=CNC1.Cl. The Bertz CT molecular complexity index is 82.5. The molecular formula is C5H11ClN2. The molecule has 1 rings (SSSR count). The molecule has 48 valence electrons. The van der Waals surface area contributed by atoms with Gasteiger partial charge in [0.1, 0.15) is 0 Å². The van der Waals surface area contributed by atoms with Crippen LogP contribution in [0.5, 0.6) is 0 Å². The Kier molecular flexibility index (Phi) is 3.44. The van der Waals surface area contributed by atoms with Crippen LogP contribution in [0.25, 0.3) is 0 Å². The first-order valence-electron chi connectivity index (χ1n) is 2.57. The minimum Gasteiger partial charge on any atom is -0.373 e. The topological polar surface area (TPSA) is 15.3 Å². The molecule has 0 unspecified atom stereocenters. The third-order valence-electron chi connectivity index (χ3n) is 1.10. The Morgan fingerprint density at radius 3 is 2.75 bits per heavy atom. The van der Waals surface area contributed by atoms with Gasteiger partial charge >= 0.3 is 0 Å². The molecule has 0 aromatic rings. The first-order valence-corrected chi connectivity index (χ1v) is 2.57. The van der Waals surface area contributed by atoms with Crippen molar-refractivity contribution in [2.45, 2.75) is 6.92 Å². The standard InChI is InChI=1S/C5H10N2.ClH/c1-2-7-4-3-6-5-7;/h3-4,6H,2,5H2,1H3;1H. The van der Waals surface area contributed by atoms with E-state index >= 15 is 0 Å². The third-order valence-corrected chi connectivity index (χ3v) is 1.10. The van der Waals surface area contributed by atoms with Gasteiger partial charge in [-0.1, -0.05) is 0 Å². The van der Waals surface area contributed by atoms with E-state index in [2.05, 4.69) is 23.3 Å². The van der Waals surface area contributed by atoms with Gasteiger partial charge in [-0.05, 0) is 6.92 Å².